The largest absolute Gasteiger partial charge is 0.496 e. The van der Waals surface area contributed by atoms with E-state index in [1.54, 1.807) is 6.92 Å². The number of aldehydes is 1. The highest BCUT2D eigenvalue weighted by Crippen LogP contribution is 2.31. The van der Waals surface area contributed by atoms with Crippen molar-refractivity contribution in [3.05, 3.63) is 28.0 Å². The van der Waals surface area contributed by atoms with E-state index in [-0.39, 0.29) is 11.4 Å². The van der Waals surface area contributed by atoms with Crippen molar-refractivity contribution in [3.8, 4) is 5.75 Å². The molecule has 82 valence electrons. The molecule has 0 spiro atoms. The predicted octanol–water partition coefficient (Wildman–Crippen LogP) is 2.93. The number of carbonyl (C=O) groups excluding carboxylic acids is 1. The highest BCUT2D eigenvalue weighted by molar-refractivity contribution is 6.30. The highest BCUT2D eigenvalue weighted by atomic mass is 35.5. The molecule has 0 heterocycles. The average molecular weight is 231 g/mol. The third-order valence-corrected chi connectivity index (χ3v) is 2.44. The van der Waals surface area contributed by atoms with E-state index < -0.39 is 5.82 Å². The summed E-state index contributed by atoms with van der Waals surface area (Å²) < 4.78 is 18.7. The number of carbonyl (C=O) groups is 1. The Labute approximate surface area is 93.0 Å². The SMILES string of the molecule is COc1c(C)cc(Cl)c(F)c1CCC=O. The summed E-state index contributed by atoms with van der Waals surface area (Å²) in [6.07, 6.45) is 1.31. The molecule has 0 aliphatic rings. The summed E-state index contributed by atoms with van der Waals surface area (Å²) in [5.74, 6) is -0.0280. The van der Waals surface area contributed by atoms with Gasteiger partial charge in [0.2, 0.25) is 0 Å². The van der Waals surface area contributed by atoms with Gasteiger partial charge in [-0.25, -0.2) is 4.39 Å². The lowest BCUT2D eigenvalue weighted by Crippen LogP contribution is -2.00. The van der Waals surface area contributed by atoms with Crippen molar-refractivity contribution in [2.75, 3.05) is 7.11 Å². The minimum absolute atomic E-state index is 0.0641. The minimum atomic E-state index is -0.499. The molecule has 1 aromatic carbocycles. The molecule has 15 heavy (non-hydrogen) atoms. The van der Waals surface area contributed by atoms with Crippen LogP contribution in [0.2, 0.25) is 5.02 Å². The van der Waals surface area contributed by atoms with Crippen LogP contribution in [-0.2, 0) is 11.2 Å². The van der Waals surface area contributed by atoms with Gasteiger partial charge in [-0.1, -0.05) is 11.6 Å². The maximum atomic E-state index is 13.6. The summed E-state index contributed by atoms with van der Waals surface area (Å²) in [4.78, 5) is 10.3. The molecule has 0 bridgehead atoms. The Morgan fingerprint density at radius 1 is 1.60 bits per heavy atom. The number of aryl methyl sites for hydroxylation is 1. The molecule has 1 aromatic rings. The Morgan fingerprint density at radius 3 is 2.80 bits per heavy atom. The van der Waals surface area contributed by atoms with E-state index in [1.165, 1.54) is 13.2 Å². The van der Waals surface area contributed by atoms with Crippen LogP contribution in [0, 0.1) is 12.7 Å². The van der Waals surface area contributed by atoms with Crippen molar-refractivity contribution in [2.45, 2.75) is 19.8 Å². The molecule has 0 unspecified atom stereocenters. The van der Waals surface area contributed by atoms with Crippen LogP contribution in [0.1, 0.15) is 17.5 Å². The smallest absolute Gasteiger partial charge is 0.148 e. The number of rotatable bonds is 4. The lowest BCUT2D eigenvalue weighted by atomic mass is 10.0. The first-order valence-electron chi connectivity index (χ1n) is 4.57. The monoisotopic (exact) mass is 230 g/mol. The molecule has 2 nitrogen and oxygen atoms in total. The van der Waals surface area contributed by atoms with Crippen molar-refractivity contribution >= 4 is 17.9 Å². The van der Waals surface area contributed by atoms with Gasteiger partial charge in [0.1, 0.15) is 17.9 Å². The van der Waals surface area contributed by atoms with Crippen LogP contribution in [0.15, 0.2) is 6.07 Å². The van der Waals surface area contributed by atoms with Gasteiger partial charge in [-0.2, -0.15) is 0 Å². The van der Waals surface area contributed by atoms with Crippen molar-refractivity contribution in [1.82, 2.24) is 0 Å². The molecule has 1 rings (SSSR count). The Hall–Kier alpha value is -1.09. The Morgan fingerprint density at radius 2 is 2.27 bits per heavy atom. The number of halogens is 2. The van der Waals surface area contributed by atoms with E-state index in [2.05, 4.69) is 0 Å². The molecule has 0 aliphatic heterocycles. The topological polar surface area (TPSA) is 26.3 Å². The Bertz CT molecular complexity index is 377. The lowest BCUT2D eigenvalue weighted by Gasteiger charge is -2.12. The lowest BCUT2D eigenvalue weighted by molar-refractivity contribution is -0.107. The molecule has 0 saturated heterocycles. The first-order valence-corrected chi connectivity index (χ1v) is 4.94. The molecule has 4 heteroatoms. The second kappa shape index (κ2) is 5.12. The fraction of sp³-hybridized carbons (Fsp3) is 0.364. The van der Waals surface area contributed by atoms with Gasteiger partial charge in [-0.05, 0) is 25.0 Å². The quantitative estimate of drug-likeness (QED) is 0.744. The van der Waals surface area contributed by atoms with Crippen LogP contribution in [0.5, 0.6) is 5.75 Å². The maximum absolute atomic E-state index is 13.6. The normalized spacial score (nSPS) is 10.1. The van der Waals surface area contributed by atoms with Gasteiger partial charge in [0.15, 0.2) is 0 Å². The summed E-state index contributed by atoms with van der Waals surface area (Å²) in [7, 11) is 1.47. The van der Waals surface area contributed by atoms with Gasteiger partial charge in [0.25, 0.3) is 0 Å². The molecule has 0 saturated carbocycles. The molecule has 0 radical (unpaired) electrons. The van der Waals surface area contributed by atoms with Gasteiger partial charge in [-0.15, -0.1) is 0 Å². The first-order chi connectivity index (χ1) is 7.11. The number of hydrogen-bond acceptors (Lipinski definition) is 2. The van der Waals surface area contributed by atoms with Crippen LogP contribution in [0.4, 0.5) is 4.39 Å². The van der Waals surface area contributed by atoms with Crippen molar-refractivity contribution < 1.29 is 13.9 Å². The minimum Gasteiger partial charge on any atom is -0.496 e. The second-order valence-electron chi connectivity index (χ2n) is 3.21. The molecule has 0 amide bonds. The van der Waals surface area contributed by atoms with Crippen molar-refractivity contribution in [3.63, 3.8) is 0 Å². The molecule has 0 atom stereocenters. The average Bonchev–Trinajstić information content (AvgIpc) is 2.21. The summed E-state index contributed by atoms with van der Waals surface area (Å²) in [5.41, 5.74) is 1.14. The van der Waals surface area contributed by atoms with Gasteiger partial charge >= 0.3 is 0 Å². The predicted molar refractivity (Wildman–Crippen MR) is 57.1 cm³/mol. The zero-order valence-corrected chi connectivity index (χ0v) is 9.40. The standard InChI is InChI=1S/C11H12ClFO2/c1-7-6-9(12)10(13)8(4-3-5-14)11(7)15-2/h5-6H,3-4H2,1-2H3. The Kier molecular flexibility index (Phi) is 4.09. The first kappa shape index (κ1) is 12.0. The van der Waals surface area contributed by atoms with Gasteiger partial charge in [0.05, 0.1) is 12.1 Å². The molecular formula is C11H12ClFO2. The zero-order chi connectivity index (χ0) is 11.4. The van der Waals surface area contributed by atoms with Crippen LogP contribution < -0.4 is 4.74 Å². The molecular weight excluding hydrogens is 219 g/mol. The fourth-order valence-corrected chi connectivity index (χ4v) is 1.79. The van der Waals surface area contributed by atoms with Crippen molar-refractivity contribution in [1.29, 1.82) is 0 Å². The second-order valence-corrected chi connectivity index (χ2v) is 3.61. The highest BCUT2D eigenvalue weighted by Gasteiger charge is 2.15. The van der Waals surface area contributed by atoms with E-state index >= 15 is 0 Å². The third-order valence-electron chi connectivity index (χ3n) is 2.17. The number of methoxy groups -OCH3 is 1. The van der Waals surface area contributed by atoms with Gasteiger partial charge in [0, 0.05) is 12.0 Å². The van der Waals surface area contributed by atoms with Crippen molar-refractivity contribution in [2.24, 2.45) is 0 Å². The summed E-state index contributed by atoms with van der Waals surface area (Å²) in [5, 5.41) is 0.0641. The van der Waals surface area contributed by atoms with Gasteiger partial charge in [-0.3, -0.25) is 0 Å². The zero-order valence-electron chi connectivity index (χ0n) is 8.64. The summed E-state index contributed by atoms with van der Waals surface area (Å²) in [6, 6.07) is 1.51. The fourth-order valence-electron chi connectivity index (χ4n) is 1.51. The van der Waals surface area contributed by atoms with Crippen LogP contribution in [0.25, 0.3) is 0 Å². The Balaban J connectivity index is 3.23. The summed E-state index contributed by atoms with van der Waals surface area (Å²) >= 11 is 5.71. The van der Waals surface area contributed by atoms with Crippen LogP contribution >= 0.6 is 11.6 Å². The van der Waals surface area contributed by atoms with E-state index in [0.717, 1.165) is 11.8 Å². The molecule has 0 N–H and O–H groups in total. The van der Waals surface area contributed by atoms with E-state index in [9.17, 15) is 9.18 Å². The summed E-state index contributed by atoms with van der Waals surface area (Å²) in [6.45, 7) is 1.79. The number of hydrogen-bond donors (Lipinski definition) is 0. The molecule has 0 aliphatic carbocycles. The van der Waals surface area contributed by atoms with Gasteiger partial charge < -0.3 is 9.53 Å². The maximum Gasteiger partial charge on any atom is 0.148 e. The number of benzene rings is 1. The number of ether oxygens (including phenoxy) is 1. The van der Waals surface area contributed by atoms with Crippen LogP contribution in [0.3, 0.4) is 0 Å². The molecule has 0 fully saturated rings. The van der Waals surface area contributed by atoms with E-state index in [4.69, 9.17) is 16.3 Å². The van der Waals surface area contributed by atoms with E-state index in [0.29, 0.717) is 17.7 Å². The third kappa shape index (κ3) is 2.48. The van der Waals surface area contributed by atoms with E-state index in [1.807, 2.05) is 0 Å². The molecule has 0 aromatic heterocycles. The van der Waals surface area contributed by atoms with Crippen LogP contribution in [-0.4, -0.2) is 13.4 Å².